The Morgan fingerprint density at radius 1 is 1.08 bits per heavy atom. The number of hydrogen-bond donors (Lipinski definition) is 2. The molecule has 0 heterocycles. The first-order valence-electron chi connectivity index (χ1n) is 7.76. The number of nitrogens with one attached hydrogen (secondary N) is 1. The monoisotopic (exact) mass is 343 g/mol. The molecule has 0 bridgehead atoms. The smallest absolute Gasteiger partial charge is 0.332 e. The Balaban J connectivity index is 1.69. The molecule has 0 fully saturated rings. The number of carbonyl (C=O) groups is 1. The molecule has 7 heteroatoms. The minimum absolute atomic E-state index is 0.532. The average molecular weight is 343 g/mol. The van der Waals surface area contributed by atoms with Gasteiger partial charge >= 0.3 is 6.03 Å². The molecule has 2 aromatic rings. The van der Waals surface area contributed by atoms with Gasteiger partial charge in [-0.2, -0.15) is 5.10 Å². The summed E-state index contributed by atoms with van der Waals surface area (Å²) in [5.41, 5.74) is 7.87. The second-order valence-electron chi connectivity index (χ2n) is 5.00. The molecule has 0 atom stereocenters. The van der Waals surface area contributed by atoms with Gasteiger partial charge in [-0.1, -0.05) is 12.1 Å². The van der Waals surface area contributed by atoms with Crippen LogP contribution in [0.15, 0.2) is 53.6 Å². The van der Waals surface area contributed by atoms with Crippen molar-refractivity contribution in [2.75, 3.05) is 20.3 Å². The van der Waals surface area contributed by atoms with E-state index in [1.165, 1.54) is 6.21 Å². The third-order valence-corrected chi connectivity index (χ3v) is 3.15. The maximum absolute atomic E-state index is 10.5. The minimum Gasteiger partial charge on any atom is -0.493 e. The van der Waals surface area contributed by atoms with Gasteiger partial charge in [0, 0.05) is 6.42 Å². The van der Waals surface area contributed by atoms with Crippen molar-refractivity contribution in [3.63, 3.8) is 0 Å². The summed E-state index contributed by atoms with van der Waals surface area (Å²) in [5, 5.41) is 3.68. The van der Waals surface area contributed by atoms with E-state index in [1.807, 2.05) is 48.5 Å². The van der Waals surface area contributed by atoms with Crippen molar-refractivity contribution in [1.82, 2.24) is 5.43 Å². The number of methoxy groups -OCH3 is 1. The lowest BCUT2D eigenvalue weighted by Crippen LogP contribution is -2.24. The first-order chi connectivity index (χ1) is 12.2. The molecule has 0 aromatic heterocycles. The first-order valence-corrected chi connectivity index (χ1v) is 7.76. The summed E-state index contributed by atoms with van der Waals surface area (Å²) in [7, 11) is 1.61. The zero-order chi connectivity index (χ0) is 17.9. The standard InChI is InChI=1S/C18H21N3O4/c1-23-16-5-2-3-6-17(16)25-12-4-11-24-15-9-7-14(8-10-15)13-20-21-18(19)22/h2-3,5-10,13H,4,11-12H2,1H3,(H3,19,21,22). The normalized spacial score (nSPS) is 10.4. The topological polar surface area (TPSA) is 95.2 Å². The zero-order valence-electron chi connectivity index (χ0n) is 14.0. The summed E-state index contributed by atoms with van der Waals surface area (Å²) in [6.45, 7) is 1.07. The number of amides is 2. The van der Waals surface area contributed by atoms with Gasteiger partial charge in [-0.25, -0.2) is 10.2 Å². The van der Waals surface area contributed by atoms with Crippen LogP contribution in [-0.2, 0) is 0 Å². The zero-order valence-corrected chi connectivity index (χ0v) is 14.0. The van der Waals surface area contributed by atoms with Crippen LogP contribution in [-0.4, -0.2) is 32.6 Å². The number of para-hydroxylation sites is 2. The Kier molecular flexibility index (Phi) is 7.12. The molecule has 0 spiro atoms. The van der Waals surface area contributed by atoms with Crippen LogP contribution in [0.5, 0.6) is 17.2 Å². The molecule has 25 heavy (non-hydrogen) atoms. The summed E-state index contributed by atoms with van der Waals surface area (Å²) in [6, 6.07) is 14.1. The van der Waals surface area contributed by atoms with Crippen molar-refractivity contribution in [3.8, 4) is 17.2 Å². The van der Waals surface area contributed by atoms with Gasteiger partial charge in [-0.3, -0.25) is 0 Å². The minimum atomic E-state index is -0.702. The van der Waals surface area contributed by atoms with Crippen LogP contribution in [0, 0.1) is 0 Å². The predicted octanol–water partition coefficient (Wildman–Crippen LogP) is 2.55. The highest BCUT2D eigenvalue weighted by atomic mass is 16.5. The Morgan fingerprint density at radius 2 is 1.76 bits per heavy atom. The van der Waals surface area contributed by atoms with Crippen LogP contribution >= 0.6 is 0 Å². The van der Waals surface area contributed by atoms with E-state index >= 15 is 0 Å². The van der Waals surface area contributed by atoms with E-state index in [-0.39, 0.29) is 0 Å². The molecule has 0 aliphatic carbocycles. The van der Waals surface area contributed by atoms with Gasteiger partial charge in [-0.05, 0) is 42.0 Å². The number of carbonyl (C=O) groups excluding carboxylic acids is 1. The largest absolute Gasteiger partial charge is 0.493 e. The van der Waals surface area contributed by atoms with Gasteiger partial charge < -0.3 is 19.9 Å². The lowest BCUT2D eigenvalue weighted by Gasteiger charge is -2.10. The van der Waals surface area contributed by atoms with E-state index < -0.39 is 6.03 Å². The highest BCUT2D eigenvalue weighted by molar-refractivity contribution is 5.81. The lowest BCUT2D eigenvalue weighted by molar-refractivity contribution is 0.240. The maximum Gasteiger partial charge on any atom is 0.332 e. The van der Waals surface area contributed by atoms with Gasteiger partial charge in [0.1, 0.15) is 5.75 Å². The Labute approximate surface area is 146 Å². The van der Waals surface area contributed by atoms with Gasteiger partial charge in [0.05, 0.1) is 26.5 Å². The number of ether oxygens (including phenoxy) is 3. The fourth-order valence-corrected chi connectivity index (χ4v) is 1.99. The highest BCUT2D eigenvalue weighted by Crippen LogP contribution is 2.25. The number of primary amides is 1. The summed E-state index contributed by atoms with van der Waals surface area (Å²) < 4.78 is 16.6. The number of nitrogens with two attached hydrogens (primary N) is 1. The van der Waals surface area contributed by atoms with Crippen LogP contribution in [0.2, 0.25) is 0 Å². The second kappa shape index (κ2) is 9.82. The molecule has 2 aromatic carbocycles. The molecule has 7 nitrogen and oxygen atoms in total. The van der Waals surface area contributed by atoms with Crippen molar-refractivity contribution in [1.29, 1.82) is 0 Å². The fourth-order valence-electron chi connectivity index (χ4n) is 1.99. The van der Waals surface area contributed by atoms with Crippen LogP contribution in [0.25, 0.3) is 0 Å². The van der Waals surface area contributed by atoms with Gasteiger partial charge in [0.2, 0.25) is 0 Å². The summed E-state index contributed by atoms with van der Waals surface area (Å²) in [5.74, 6) is 2.18. The molecule has 0 unspecified atom stereocenters. The second-order valence-corrected chi connectivity index (χ2v) is 5.00. The SMILES string of the molecule is COc1ccccc1OCCCOc1ccc(C=NNC(N)=O)cc1. The molecule has 0 saturated carbocycles. The van der Waals surface area contributed by atoms with E-state index in [2.05, 4.69) is 10.5 Å². The van der Waals surface area contributed by atoms with Gasteiger partial charge in [0.15, 0.2) is 11.5 Å². The average Bonchev–Trinajstić information content (AvgIpc) is 2.63. The molecular formula is C18H21N3O4. The van der Waals surface area contributed by atoms with Gasteiger partial charge in [0.25, 0.3) is 0 Å². The predicted molar refractivity (Wildman–Crippen MR) is 95.4 cm³/mol. The quantitative estimate of drug-likeness (QED) is 0.415. The molecule has 0 radical (unpaired) electrons. The molecule has 3 N–H and O–H groups in total. The maximum atomic E-state index is 10.5. The molecule has 0 aliphatic rings. The van der Waals surface area contributed by atoms with Crippen molar-refractivity contribution in [3.05, 3.63) is 54.1 Å². The number of nitrogens with zero attached hydrogens (tertiary/aromatic N) is 1. The number of hydrogen-bond acceptors (Lipinski definition) is 5. The number of hydrazone groups is 1. The van der Waals surface area contributed by atoms with Crippen molar-refractivity contribution in [2.24, 2.45) is 10.8 Å². The fraction of sp³-hybridized carbons (Fsp3) is 0.222. The number of benzene rings is 2. The molecule has 132 valence electrons. The summed E-state index contributed by atoms with van der Waals surface area (Å²) in [6.07, 6.45) is 2.24. The van der Waals surface area contributed by atoms with Crippen molar-refractivity contribution in [2.45, 2.75) is 6.42 Å². The van der Waals surface area contributed by atoms with E-state index in [9.17, 15) is 4.79 Å². The Morgan fingerprint density at radius 3 is 2.44 bits per heavy atom. The third-order valence-electron chi connectivity index (χ3n) is 3.15. The van der Waals surface area contributed by atoms with Crippen molar-refractivity contribution >= 4 is 12.2 Å². The third kappa shape index (κ3) is 6.42. The van der Waals surface area contributed by atoms with E-state index in [0.29, 0.717) is 19.0 Å². The van der Waals surface area contributed by atoms with Crippen molar-refractivity contribution < 1.29 is 19.0 Å². The van der Waals surface area contributed by atoms with E-state index in [4.69, 9.17) is 19.9 Å². The summed E-state index contributed by atoms with van der Waals surface area (Å²) in [4.78, 5) is 10.5. The highest BCUT2D eigenvalue weighted by Gasteiger charge is 2.02. The number of urea groups is 1. The molecule has 2 rings (SSSR count). The van der Waals surface area contributed by atoms with Crippen LogP contribution in [0.4, 0.5) is 4.79 Å². The van der Waals surface area contributed by atoms with E-state index in [0.717, 1.165) is 23.5 Å². The number of rotatable bonds is 9. The van der Waals surface area contributed by atoms with Crippen LogP contribution in [0.3, 0.4) is 0 Å². The Bertz CT molecular complexity index is 702. The molecule has 0 aliphatic heterocycles. The van der Waals surface area contributed by atoms with Crippen LogP contribution in [0.1, 0.15) is 12.0 Å². The van der Waals surface area contributed by atoms with Gasteiger partial charge in [-0.15, -0.1) is 0 Å². The Hall–Kier alpha value is -3.22. The first kappa shape index (κ1) is 18.1. The molecule has 2 amide bonds. The lowest BCUT2D eigenvalue weighted by atomic mass is 10.2. The van der Waals surface area contributed by atoms with E-state index in [1.54, 1.807) is 7.11 Å². The summed E-state index contributed by atoms with van der Waals surface area (Å²) >= 11 is 0. The van der Waals surface area contributed by atoms with Crippen LogP contribution < -0.4 is 25.4 Å². The molecular weight excluding hydrogens is 322 g/mol. The molecule has 0 saturated heterocycles.